The van der Waals surface area contributed by atoms with E-state index in [1.54, 1.807) is 20.0 Å². The second-order valence-corrected chi connectivity index (χ2v) is 7.63. The minimum Gasteiger partial charge on any atom is -0.462 e. The van der Waals surface area contributed by atoms with Crippen LogP contribution in [0.25, 0.3) is 22.3 Å². The molecule has 30 heavy (non-hydrogen) atoms. The Morgan fingerprint density at radius 2 is 1.77 bits per heavy atom. The van der Waals surface area contributed by atoms with Crippen LogP contribution in [0.4, 0.5) is 0 Å². The van der Waals surface area contributed by atoms with Crippen LogP contribution in [0.2, 0.25) is 0 Å². The molecule has 6 heteroatoms. The van der Waals surface area contributed by atoms with E-state index >= 15 is 0 Å². The van der Waals surface area contributed by atoms with Crippen LogP contribution in [0, 0.1) is 11.3 Å². The van der Waals surface area contributed by atoms with Gasteiger partial charge in [-0.1, -0.05) is 43.3 Å². The lowest BCUT2D eigenvalue weighted by Gasteiger charge is -2.08. The van der Waals surface area contributed by atoms with Crippen molar-refractivity contribution in [1.29, 1.82) is 5.26 Å². The summed E-state index contributed by atoms with van der Waals surface area (Å²) in [4.78, 5) is 25.7. The normalized spacial score (nSPS) is 10.3. The maximum Gasteiger partial charge on any atom is 0.348 e. The molecule has 0 saturated heterocycles. The van der Waals surface area contributed by atoms with Crippen LogP contribution in [0.1, 0.15) is 44.3 Å². The number of thiophene rings is 1. The molecule has 5 nitrogen and oxygen atoms in total. The fourth-order valence-corrected chi connectivity index (χ4v) is 4.38. The number of nitrogens with zero attached hydrogens (tertiary/aromatic N) is 1. The van der Waals surface area contributed by atoms with Crippen molar-refractivity contribution < 1.29 is 14.3 Å². The second kappa shape index (κ2) is 9.38. The molecule has 0 radical (unpaired) electrons. The van der Waals surface area contributed by atoms with Crippen LogP contribution in [-0.4, -0.2) is 25.5 Å². The van der Waals surface area contributed by atoms with E-state index in [1.165, 1.54) is 11.3 Å². The van der Waals surface area contributed by atoms with Crippen LogP contribution in [0.3, 0.4) is 0 Å². The molecule has 0 fully saturated rings. The Balaban J connectivity index is 2.05. The number of hydrogen-bond acceptors (Lipinski definition) is 5. The molecule has 0 saturated carbocycles. The fourth-order valence-electron chi connectivity index (χ4n) is 3.27. The van der Waals surface area contributed by atoms with Crippen molar-refractivity contribution in [2.24, 2.45) is 0 Å². The summed E-state index contributed by atoms with van der Waals surface area (Å²) in [6.07, 6.45) is 0.671. The average molecular weight is 419 g/mol. The molecule has 0 aliphatic rings. The SMILES string of the molecule is CCOC(=O)c1sc(CC)c(C#N)c1-c1ccc(-c2cccc(C(=O)NC)c2)cc1. The molecule has 0 spiro atoms. The number of benzene rings is 2. The molecule has 0 unspecified atom stereocenters. The third-order valence-electron chi connectivity index (χ3n) is 4.73. The lowest BCUT2D eigenvalue weighted by molar-refractivity contribution is 0.0532. The van der Waals surface area contributed by atoms with E-state index in [-0.39, 0.29) is 12.5 Å². The van der Waals surface area contributed by atoms with Crippen molar-refractivity contribution in [3.63, 3.8) is 0 Å². The minimum absolute atomic E-state index is 0.142. The van der Waals surface area contributed by atoms with Gasteiger partial charge in [-0.05, 0) is 42.2 Å². The molecule has 3 aromatic rings. The van der Waals surface area contributed by atoms with Gasteiger partial charge in [-0.25, -0.2) is 4.79 Å². The van der Waals surface area contributed by atoms with Gasteiger partial charge in [0.15, 0.2) is 0 Å². The van der Waals surface area contributed by atoms with Crippen LogP contribution in [-0.2, 0) is 11.2 Å². The number of hydrogen-bond donors (Lipinski definition) is 1. The number of nitriles is 1. The van der Waals surface area contributed by atoms with E-state index in [0.717, 1.165) is 21.6 Å². The minimum atomic E-state index is -0.406. The number of aryl methyl sites for hydroxylation is 1. The van der Waals surface area contributed by atoms with Gasteiger partial charge in [0.25, 0.3) is 5.91 Å². The molecule has 152 valence electrons. The van der Waals surface area contributed by atoms with Crippen molar-refractivity contribution in [3.8, 4) is 28.3 Å². The summed E-state index contributed by atoms with van der Waals surface area (Å²) in [5, 5.41) is 12.3. The van der Waals surface area contributed by atoms with E-state index in [2.05, 4.69) is 11.4 Å². The first-order valence-electron chi connectivity index (χ1n) is 9.69. The van der Waals surface area contributed by atoms with Gasteiger partial charge in [-0.3, -0.25) is 4.79 Å². The lowest BCUT2D eigenvalue weighted by atomic mass is 9.96. The third kappa shape index (κ3) is 4.12. The van der Waals surface area contributed by atoms with Crippen molar-refractivity contribution in [2.45, 2.75) is 20.3 Å². The highest BCUT2D eigenvalue weighted by Crippen LogP contribution is 2.38. The molecular formula is C24H22N2O3S. The predicted octanol–water partition coefficient (Wildman–Crippen LogP) is 5.05. The molecule has 0 atom stereocenters. The van der Waals surface area contributed by atoms with Crippen molar-refractivity contribution in [3.05, 3.63) is 69.4 Å². The zero-order valence-electron chi connectivity index (χ0n) is 17.1. The largest absolute Gasteiger partial charge is 0.462 e. The zero-order chi connectivity index (χ0) is 21.7. The van der Waals surface area contributed by atoms with Gasteiger partial charge in [-0.2, -0.15) is 5.26 Å². The maximum atomic E-state index is 12.5. The summed E-state index contributed by atoms with van der Waals surface area (Å²) < 4.78 is 5.21. The zero-order valence-corrected chi connectivity index (χ0v) is 17.9. The monoisotopic (exact) mass is 418 g/mol. The van der Waals surface area contributed by atoms with Gasteiger partial charge in [0.05, 0.1) is 12.2 Å². The molecule has 2 aromatic carbocycles. The van der Waals surface area contributed by atoms with E-state index in [1.807, 2.05) is 49.4 Å². The summed E-state index contributed by atoms with van der Waals surface area (Å²) in [7, 11) is 1.60. The molecule has 1 amide bonds. The summed E-state index contributed by atoms with van der Waals surface area (Å²) >= 11 is 1.32. The number of carbonyl (C=O) groups excluding carboxylic acids is 2. The predicted molar refractivity (Wildman–Crippen MR) is 119 cm³/mol. The molecular weight excluding hydrogens is 396 g/mol. The van der Waals surface area contributed by atoms with E-state index in [9.17, 15) is 14.9 Å². The Morgan fingerprint density at radius 3 is 2.37 bits per heavy atom. The van der Waals surface area contributed by atoms with Crippen molar-refractivity contribution in [1.82, 2.24) is 5.32 Å². The number of esters is 1. The summed E-state index contributed by atoms with van der Waals surface area (Å²) in [5.41, 5.74) is 4.38. The van der Waals surface area contributed by atoms with Crippen LogP contribution >= 0.6 is 11.3 Å². The highest BCUT2D eigenvalue weighted by molar-refractivity contribution is 7.14. The van der Waals surface area contributed by atoms with Gasteiger partial charge in [0.1, 0.15) is 10.9 Å². The van der Waals surface area contributed by atoms with Gasteiger partial charge in [0.2, 0.25) is 0 Å². The Morgan fingerprint density at radius 1 is 1.07 bits per heavy atom. The molecule has 0 aliphatic carbocycles. The Hall–Kier alpha value is -3.43. The standard InChI is InChI=1S/C24H22N2O3S/c1-4-20-19(14-25)21(22(30-20)24(28)29-5-2)16-11-9-15(10-12-16)17-7-6-8-18(13-17)23(27)26-3/h6-13H,4-5H2,1-3H3,(H,26,27). The fraction of sp³-hybridized carbons (Fsp3) is 0.208. The average Bonchev–Trinajstić information content (AvgIpc) is 3.17. The first-order chi connectivity index (χ1) is 14.5. The number of carbonyl (C=O) groups is 2. The Labute approximate surface area is 179 Å². The number of rotatable bonds is 6. The summed E-state index contributed by atoms with van der Waals surface area (Å²) in [6, 6.07) is 17.3. The number of nitrogens with one attached hydrogen (secondary N) is 1. The molecule has 1 heterocycles. The molecule has 3 rings (SSSR count). The van der Waals surface area contributed by atoms with E-state index in [0.29, 0.717) is 28.0 Å². The first kappa shape index (κ1) is 21.3. The van der Waals surface area contributed by atoms with Crippen LogP contribution < -0.4 is 5.32 Å². The van der Waals surface area contributed by atoms with Crippen LogP contribution in [0.15, 0.2) is 48.5 Å². The topological polar surface area (TPSA) is 79.2 Å². The molecule has 1 aromatic heterocycles. The van der Waals surface area contributed by atoms with Gasteiger partial charge >= 0.3 is 5.97 Å². The van der Waals surface area contributed by atoms with Crippen molar-refractivity contribution in [2.75, 3.05) is 13.7 Å². The highest BCUT2D eigenvalue weighted by Gasteiger charge is 2.24. The molecule has 1 N–H and O–H groups in total. The van der Waals surface area contributed by atoms with E-state index < -0.39 is 5.97 Å². The third-order valence-corrected chi connectivity index (χ3v) is 6.05. The van der Waals surface area contributed by atoms with E-state index in [4.69, 9.17) is 4.74 Å². The lowest BCUT2D eigenvalue weighted by Crippen LogP contribution is -2.17. The summed E-state index contributed by atoms with van der Waals surface area (Å²) in [5.74, 6) is -0.548. The first-order valence-corrected chi connectivity index (χ1v) is 10.5. The smallest absolute Gasteiger partial charge is 0.348 e. The quantitative estimate of drug-likeness (QED) is 0.568. The van der Waals surface area contributed by atoms with Gasteiger partial charge < -0.3 is 10.1 Å². The highest BCUT2D eigenvalue weighted by atomic mass is 32.1. The number of ether oxygens (including phenoxy) is 1. The maximum absolute atomic E-state index is 12.5. The molecule has 0 aliphatic heterocycles. The van der Waals surface area contributed by atoms with Gasteiger partial charge in [-0.15, -0.1) is 11.3 Å². The van der Waals surface area contributed by atoms with Crippen molar-refractivity contribution >= 4 is 23.2 Å². The molecule has 0 bridgehead atoms. The summed E-state index contributed by atoms with van der Waals surface area (Å²) in [6.45, 7) is 4.01. The second-order valence-electron chi connectivity index (χ2n) is 6.53. The number of amides is 1. The Bertz CT molecular complexity index is 1120. The Kier molecular flexibility index (Phi) is 6.65. The van der Waals surface area contributed by atoms with Gasteiger partial charge in [0, 0.05) is 23.1 Å². The van der Waals surface area contributed by atoms with Crippen LogP contribution in [0.5, 0.6) is 0 Å².